The summed E-state index contributed by atoms with van der Waals surface area (Å²) >= 11 is 0. The zero-order valence-corrected chi connectivity index (χ0v) is 20.3. The van der Waals surface area contributed by atoms with E-state index in [1.807, 2.05) is 24.3 Å². The van der Waals surface area contributed by atoms with E-state index in [0.717, 1.165) is 53.3 Å². The van der Waals surface area contributed by atoms with Crippen LogP contribution in [0.3, 0.4) is 0 Å². The van der Waals surface area contributed by atoms with Crippen molar-refractivity contribution >= 4 is 23.5 Å². The minimum atomic E-state index is -1.83. The predicted octanol–water partition coefficient (Wildman–Crippen LogP) is 4.85. The second-order valence-electron chi connectivity index (χ2n) is 9.22. The molecule has 37 heavy (non-hydrogen) atoms. The number of hydrogen-bond acceptors (Lipinski definition) is 4. The fourth-order valence-electron chi connectivity index (χ4n) is 4.51. The van der Waals surface area contributed by atoms with E-state index >= 15 is 0 Å². The van der Waals surface area contributed by atoms with E-state index < -0.39 is 30.4 Å². The summed E-state index contributed by atoms with van der Waals surface area (Å²) in [4.78, 5) is 7.28. The SMILES string of the molecule is C[C@@H]1CCCN1CCc1ccc2cc(-c3cc(F)cc(F)c3)ccc2n1.OB(O)c1cc(F)cc(F)c1. The summed E-state index contributed by atoms with van der Waals surface area (Å²) in [5.41, 5.74) is 3.13. The minimum absolute atomic E-state index is 0.192. The Kier molecular flexibility index (Phi) is 8.58. The minimum Gasteiger partial charge on any atom is -0.423 e. The molecule has 0 radical (unpaired) electrons. The predicted molar refractivity (Wildman–Crippen MR) is 137 cm³/mol. The van der Waals surface area contributed by atoms with Crippen molar-refractivity contribution in [1.82, 2.24) is 9.88 Å². The lowest BCUT2D eigenvalue weighted by atomic mass is 9.80. The molecule has 1 saturated heterocycles. The second kappa shape index (κ2) is 11.9. The molecule has 0 saturated carbocycles. The van der Waals surface area contributed by atoms with Crippen molar-refractivity contribution in [3.05, 3.63) is 95.7 Å². The summed E-state index contributed by atoms with van der Waals surface area (Å²) in [5, 5.41) is 18.0. The summed E-state index contributed by atoms with van der Waals surface area (Å²) in [6.07, 6.45) is 3.52. The van der Waals surface area contributed by atoms with Crippen molar-refractivity contribution in [3.8, 4) is 11.1 Å². The number of fused-ring (bicyclic) bond motifs is 1. The molecule has 5 rings (SSSR count). The first kappa shape index (κ1) is 26.8. The number of hydrogen-bond donors (Lipinski definition) is 2. The lowest BCUT2D eigenvalue weighted by molar-refractivity contribution is 0.271. The van der Waals surface area contributed by atoms with Crippen molar-refractivity contribution in [1.29, 1.82) is 0 Å². The van der Waals surface area contributed by atoms with Gasteiger partial charge in [0.15, 0.2) is 0 Å². The van der Waals surface area contributed by atoms with Crippen LogP contribution in [0.1, 0.15) is 25.5 Å². The lowest BCUT2D eigenvalue weighted by Gasteiger charge is -2.20. The van der Waals surface area contributed by atoms with Crippen LogP contribution in [0.15, 0.2) is 66.7 Å². The lowest BCUT2D eigenvalue weighted by Crippen LogP contribution is -2.30. The van der Waals surface area contributed by atoms with Crippen LogP contribution in [0.5, 0.6) is 0 Å². The molecule has 1 aromatic heterocycles. The number of halogens is 4. The van der Waals surface area contributed by atoms with E-state index in [9.17, 15) is 17.6 Å². The summed E-state index contributed by atoms with van der Waals surface area (Å²) in [5.74, 6) is -2.78. The molecule has 0 unspecified atom stereocenters. The van der Waals surface area contributed by atoms with E-state index in [1.54, 1.807) is 0 Å². The van der Waals surface area contributed by atoms with Gasteiger partial charge in [-0.25, -0.2) is 17.6 Å². The fourth-order valence-corrected chi connectivity index (χ4v) is 4.51. The maximum Gasteiger partial charge on any atom is 0.488 e. The van der Waals surface area contributed by atoms with Gasteiger partial charge in [-0.3, -0.25) is 4.98 Å². The molecular weight excluding hydrogens is 483 g/mol. The van der Waals surface area contributed by atoms with Crippen molar-refractivity contribution in [2.24, 2.45) is 0 Å². The molecule has 1 aliphatic rings. The molecule has 0 bridgehead atoms. The highest BCUT2D eigenvalue weighted by Crippen LogP contribution is 2.26. The monoisotopic (exact) mass is 510 g/mol. The molecule has 0 aliphatic carbocycles. The Bertz CT molecular complexity index is 1350. The molecule has 1 atom stereocenters. The Morgan fingerprint density at radius 2 is 1.49 bits per heavy atom. The third-order valence-electron chi connectivity index (χ3n) is 6.47. The van der Waals surface area contributed by atoms with Gasteiger partial charge in [0.05, 0.1) is 5.52 Å². The quantitative estimate of drug-likeness (QED) is 0.298. The smallest absolute Gasteiger partial charge is 0.423 e. The highest BCUT2D eigenvalue weighted by atomic mass is 19.1. The van der Waals surface area contributed by atoms with Crippen LogP contribution < -0.4 is 5.46 Å². The van der Waals surface area contributed by atoms with E-state index in [1.165, 1.54) is 31.5 Å². The second-order valence-corrected chi connectivity index (χ2v) is 9.22. The molecule has 1 aliphatic heterocycles. The molecule has 4 aromatic rings. The Morgan fingerprint density at radius 1 is 0.838 bits per heavy atom. The number of likely N-dealkylation sites (tertiary alicyclic amines) is 1. The summed E-state index contributed by atoms with van der Waals surface area (Å²) in [6, 6.07) is 16.5. The molecular formula is C28H27BF4N2O2. The van der Waals surface area contributed by atoms with Crippen molar-refractivity contribution < 1.29 is 27.6 Å². The third-order valence-corrected chi connectivity index (χ3v) is 6.47. The van der Waals surface area contributed by atoms with Crippen LogP contribution in [-0.2, 0) is 6.42 Å². The summed E-state index contributed by atoms with van der Waals surface area (Å²) in [7, 11) is -1.83. The van der Waals surface area contributed by atoms with Gasteiger partial charge in [0.1, 0.15) is 23.3 Å². The Balaban J connectivity index is 0.000000245. The van der Waals surface area contributed by atoms with Crippen LogP contribution in [-0.4, -0.2) is 46.2 Å². The van der Waals surface area contributed by atoms with Gasteiger partial charge in [0.2, 0.25) is 0 Å². The summed E-state index contributed by atoms with van der Waals surface area (Å²) in [6.45, 7) is 4.51. The van der Waals surface area contributed by atoms with Gasteiger partial charge in [0, 0.05) is 42.2 Å². The fraction of sp³-hybridized carbons (Fsp3) is 0.250. The van der Waals surface area contributed by atoms with Crippen LogP contribution >= 0.6 is 0 Å². The molecule has 0 amide bonds. The number of benzene rings is 3. The van der Waals surface area contributed by atoms with Crippen LogP contribution in [0, 0.1) is 23.3 Å². The first-order valence-corrected chi connectivity index (χ1v) is 12.1. The molecule has 0 spiro atoms. The Hall–Kier alpha value is -3.27. The largest absolute Gasteiger partial charge is 0.488 e. The Labute approximate surface area is 213 Å². The van der Waals surface area contributed by atoms with E-state index in [0.29, 0.717) is 17.7 Å². The van der Waals surface area contributed by atoms with Gasteiger partial charge in [0.25, 0.3) is 0 Å². The molecule has 3 aromatic carbocycles. The average molecular weight is 510 g/mol. The van der Waals surface area contributed by atoms with Gasteiger partial charge in [-0.2, -0.15) is 0 Å². The maximum absolute atomic E-state index is 13.5. The first-order valence-electron chi connectivity index (χ1n) is 12.1. The van der Waals surface area contributed by atoms with Gasteiger partial charge in [-0.05, 0) is 85.4 Å². The molecule has 2 N–H and O–H groups in total. The average Bonchev–Trinajstić information content (AvgIpc) is 3.26. The van der Waals surface area contributed by atoms with Crippen LogP contribution in [0.2, 0.25) is 0 Å². The third kappa shape index (κ3) is 7.16. The van der Waals surface area contributed by atoms with Gasteiger partial charge < -0.3 is 14.9 Å². The van der Waals surface area contributed by atoms with Crippen molar-refractivity contribution in [3.63, 3.8) is 0 Å². The number of pyridine rings is 1. The van der Waals surface area contributed by atoms with Gasteiger partial charge in [-0.1, -0.05) is 12.1 Å². The van der Waals surface area contributed by atoms with Crippen LogP contribution in [0.4, 0.5) is 17.6 Å². The van der Waals surface area contributed by atoms with E-state index in [4.69, 9.17) is 15.0 Å². The molecule has 192 valence electrons. The Morgan fingerprint density at radius 3 is 2.08 bits per heavy atom. The summed E-state index contributed by atoms with van der Waals surface area (Å²) < 4.78 is 51.6. The topological polar surface area (TPSA) is 56.6 Å². The van der Waals surface area contributed by atoms with Gasteiger partial charge in [-0.15, -0.1) is 0 Å². The zero-order chi connectivity index (χ0) is 26.5. The molecule has 9 heteroatoms. The highest BCUT2D eigenvalue weighted by Gasteiger charge is 2.19. The van der Waals surface area contributed by atoms with Crippen molar-refractivity contribution in [2.75, 3.05) is 13.1 Å². The maximum atomic E-state index is 13.5. The molecule has 2 heterocycles. The van der Waals surface area contributed by atoms with Gasteiger partial charge >= 0.3 is 7.12 Å². The zero-order valence-electron chi connectivity index (χ0n) is 20.3. The number of nitrogens with zero attached hydrogens (tertiary/aromatic N) is 2. The normalized spacial score (nSPS) is 15.5. The molecule has 4 nitrogen and oxygen atoms in total. The van der Waals surface area contributed by atoms with Crippen molar-refractivity contribution in [2.45, 2.75) is 32.2 Å². The standard InChI is InChI=1S/C22H22F2N2.C6H5BF2O2/c1-15-3-2-9-26(15)10-8-21-6-4-17-11-16(5-7-22(17)25-21)18-12-19(23)14-20(24)13-18;8-5-1-4(7(10)11)2-6(9)3-5/h4-7,11-15H,2-3,8-10H2,1H3;1-3,10-11H/t15-;/m1./s1. The van der Waals surface area contributed by atoms with E-state index in [-0.39, 0.29) is 5.46 Å². The number of rotatable bonds is 5. The van der Waals surface area contributed by atoms with Crippen LogP contribution in [0.25, 0.3) is 22.0 Å². The highest BCUT2D eigenvalue weighted by molar-refractivity contribution is 6.58. The first-order chi connectivity index (χ1) is 17.7. The van der Waals surface area contributed by atoms with E-state index in [2.05, 4.69) is 17.9 Å². The molecule has 1 fully saturated rings. The number of aromatic nitrogens is 1.